The van der Waals surface area contributed by atoms with Crippen LogP contribution in [-0.4, -0.2) is 43.5 Å². The third-order valence-electron chi connectivity index (χ3n) is 3.90. The average Bonchev–Trinajstić information content (AvgIpc) is 2.60. The van der Waals surface area contributed by atoms with E-state index in [0.717, 1.165) is 4.31 Å². The molecule has 26 heavy (non-hydrogen) atoms. The normalized spacial score (nSPS) is 12.8. The van der Waals surface area contributed by atoms with E-state index in [4.69, 9.17) is 16.3 Å². The molecule has 0 heterocycles. The van der Waals surface area contributed by atoms with Gasteiger partial charge in [0.05, 0.1) is 11.5 Å². The van der Waals surface area contributed by atoms with Crippen LogP contribution in [0.1, 0.15) is 12.5 Å². The van der Waals surface area contributed by atoms with E-state index in [-0.39, 0.29) is 11.3 Å². The van der Waals surface area contributed by atoms with Crippen LogP contribution in [0.15, 0.2) is 53.4 Å². The van der Waals surface area contributed by atoms with Gasteiger partial charge in [-0.3, -0.25) is 4.79 Å². The van der Waals surface area contributed by atoms with Crippen molar-refractivity contribution in [1.82, 2.24) is 4.31 Å². The highest BCUT2D eigenvalue weighted by Gasteiger charge is 2.33. The molecule has 0 bridgehead atoms. The number of carboxylic acids is 1. The van der Waals surface area contributed by atoms with E-state index in [1.165, 1.54) is 31.3 Å². The summed E-state index contributed by atoms with van der Waals surface area (Å²) in [6.45, 7) is 2.25. The lowest BCUT2D eigenvalue weighted by Crippen LogP contribution is -2.43. The van der Waals surface area contributed by atoms with Gasteiger partial charge >= 0.3 is 5.97 Å². The summed E-state index contributed by atoms with van der Waals surface area (Å²) in [6.07, 6.45) is -0.0190. The first-order chi connectivity index (χ1) is 12.3. The Hall–Kier alpha value is -2.09. The first-order valence-electron chi connectivity index (χ1n) is 7.94. The molecule has 0 unspecified atom stereocenters. The lowest BCUT2D eigenvalue weighted by Gasteiger charge is -2.25. The molecule has 0 aliphatic rings. The standard InChI is InChI=1S/C18H20ClNO5S/c1-3-25-17-7-5-4-6-13(17)12-16(18(21)22)20(2)26(23,24)15-10-8-14(19)9-11-15/h4-11,16H,3,12H2,1-2H3,(H,21,22)/t16-/m1/s1. The van der Waals surface area contributed by atoms with Gasteiger partial charge in [0.2, 0.25) is 10.0 Å². The highest BCUT2D eigenvalue weighted by molar-refractivity contribution is 7.89. The molecule has 0 saturated heterocycles. The van der Waals surface area contributed by atoms with E-state index in [0.29, 0.717) is 22.9 Å². The number of para-hydroxylation sites is 1. The molecular formula is C18H20ClNO5S. The van der Waals surface area contributed by atoms with E-state index < -0.39 is 22.0 Å². The minimum atomic E-state index is -3.99. The van der Waals surface area contributed by atoms with Gasteiger partial charge in [-0.25, -0.2) is 8.42 Å². The zero-order valence-corrected chi connectivity index (χ0v) is 16.0. The van der Waals surface area contributed by atoms with E-state index in [9.17, 15) is 18.3 Å². The van der Waals surface area contributed by atoms with Gasteiger partial charge in [0, 0.05) is 18.5 Å². The second-order valence-corrected chi connectivity index (χ2v) is 8.01. The summed E-state index contributed by atoms with van der Waals surface area (Å²) >= 11 is 5.79. The van der Waals surface area contributed by atoms with Gasteiger partial charge in [0.15, 0.2) is 0 Å². The lowest BCUT2D eigenvalue weighted by atomic mass is 10.1. The van der Waals surface area contributed by atoms with E-state index in [1.54, 1.807) is 24.3 Å². The summed E-state index contributed by atoms with van der Waals surface area (Å²) in [5.41, 5.74) is 0.625. The Morgan fingerprint density at radius 1 is 1.19 bits per heavy atom. The zero-order valence-electron chi connectivity index (χ0n) is 14.4. The Bertz CT molecular complexity index is 867. The molecule has 0 amide bonds. The number of likely N-dealkylation sites (N-methyl/N-ethyl adjacent to an activating group) is 1. The van der Waals surface area contributed by atoms with Crippen molar-refractivity contribution in [1.29, 1.82) is 0 Å². The van der Waals surface area contributed by atoms with E-state index >= 15 is 0 Å². The second kappa shape index (κ2) is 8.53. The number of carbonyl (C=O) groups is 1. The number of nitrogens with zero attached hydrogens (tertiary/aromatic N) is 1. The third-order valence-corrected chi connectivity index (χ3v) is 6.03. The molecule has 0 spiro atoms. The van der Waals surface area contributed by atoms with Crippen molar-refractivity contribution in [2.75, 3.05) is 13.7 Å². The molecule has 0 aliphatic heterocycles. The van der Waals surface area contributed by atoms with Gasteiger partial charge in [-0.2, -0.15) is 4.31 Å². The number of rotatable bonds is 8. The van der Waals surface area contributed by atoms with Gasteiger partial charge in [-0.15, -0.1) is 0 Å². The molecule has 2 aromatic carbocycles. The Morgan fingerprint density at radius 2 is 1.81 bits per heavy atom. The van der Waals surface area contributed by atoms with Gasteiger partial charge in [0.25, 0.3) is 0 Å². The number of ether oxygens (including phenoxy) is 1. The first kappa shape index (κ1) is 20.2. The number of sulfonamides is 1. The van der Waals surface area contributed by atoms with Gasteiger partial charge in [-0.05, 0) is 42.8 Å². The minimum Gasteiger partial charge on any atom is -0.494 e. The second-order valence-electron chi connectivity index (χ2n) is 5.57. The fraction of sp³-hybridized carbons (Fsp3) is 0.278. The van der Waals surface area contributed by atoms with E-state index in [1.807, 2.05) is 6.92 Å². The summed E-state index contributed by atoms with van der Waals surface area (Å²) in [7, 11) is -2.74. The fourth-order valence-electron chi connectivity index (χ4n) is 2.49. The first-order valence-corrected chi connectivity index (χ1v) is 9.76. The van der Waals surface area contributed by atoms with Crippen LogP contribution in [0.25, 0.3) is 0 Å². The Balaban J connectivity index is 2.35. The smallest absolute Gasteiger partial charge is 0.322 e. The van der Waals surface area contributed by atoms with Crippen LogP contribution in [0.3, 0.4) is 0 Å². The third kappa shape index (κ3) is 4.55. The maximum absolute atomic E-state index is 12.8. The number of benzene rings is 2. The predicted molar refractivity (Wildman–Crippen MR) is 99.1 cm³/mol. The van der Waals surface area contributed by atoms with Crippen LogP contribution in [0.2, 0.25) is 5.02 Å². The van der Waals surface area contributed by atoms with Crippen molar-refractivity contribution in [2.45, 2.75) is 24.3 Å². The lowest BCUT2D eigenvalue weighted by molar-refractivity contribution is -0.141. The number of hydrogen-bond donors (Lipinski definition) is 1. The van der Waals surface area contributed by atoms with Crippen molar-refractivity contribution >= 4 is 27.6 Å². The fourth-order valence-corrected chi connectivity index (χ4v) is 3.93. The summed E-state index contributed by atoms with van der Waals surface area (Å²) in [5, 5.41) is 10.0. The van der Waals surface area contributed by atoms with Crippen molar-refractivity contribution < 1.29 is 23.1 Å². The van der Waals surface area contributed by atoms with E-state index in [2.05, 4.69) is 0 Å². The van der Waals surface area contributed by atoms with Gasteiger partial charge in [0.1, 0.15) is 11.8 Å². The minimum absolute atomic E-state index is 0.0190. The quantitative estimate of drug-likeness (QED) is 0.740. The van der Waals surface area contributed by atoms with Gasteiger partial charge in [-0.1, -0.05) is 29.8 Å². The number of carboxylic acid groups (broad SMARTS) is 1. The SMILES string of the molecule is CCOc1ccccc1C[C@H](C(=O)O)N(C)S(=O)(=O)c1ccc(Cl)cc1. The molecule has 8 heteroatoms. The number of aliphatic carboxylic acids is 1. The molecule has 0 radical (unpaired) electrons. The van der Waals surface area contributed by atoms with Crippen molar-refractivity contribution in [3.63, 3.8) is 0 Å². The molecule has 140 valence electrons. The van der Waals surface area contributed by atoms with Crippen LogP contribution in [0, 0.1) is 0 Å². The molecule has 0 saturated carbocycles. The van der Waals surface area contributed by atoms with Crippen LogP contribution in [0.4, 0.5) is 0 Å². The predicted octanol–water partition coefficient (Wildman–Crippen LogP) is 3.06. The van der Waals surface area contributed by atoms with Crippen LogP contribution in [-0.2, 0) is 21.2 Å². The maximum atomic E-state index is 12.8. The highest BCUT2D eigenvalue weighted by atomic mass is 35.5. The molecule has 0 aliphatic carbocycles. The largest absolute Gasteiger partial charge is 0.494 e. The van der Waals surface area contributed by atoms with Crippen molar-refractivity contribution in [3.05, 3.63) is 59.1 Å². The summed E-state index contributed by atoms with van der Waals surface area (Å²) in [5.74, 6) is -0.699. The average molecular weight is 398 g/mol. The molecule has 1 atom stereocenters. The molecule has 2 aromatic rings. The van der Waals surface area contributed by atoms with Gasteiger partial charge < -0.3 is 9.84 Å². The van der Waals surface area contributed by atoms with Crippen LogP contribution in [0.5, 0.6) is 5.75 Å². The number of halogens is 1. The molecule has 2 rings (SSSR count). The molecule has 6 nitrogen and oxygen atoms in total. The summed E-state index contributed by atoms with van der Waals surface area (Å²) < 4.78 is 31.9. The number of hydrogen-bond acceptors (Lipinski definition) is 4. The monoisotopic (exact) mass is 397 g/mol. The maximum Gasteiger partial charge on any atom is 0.322 e. The molecule has 0 fully saturated rings. The Labute approximate surface area is 158 Å². The Kier molecular flexibility index (Phi) is 6.63. The molecule has 0 aromatic heterocycles. The van der Waals surface area contributed by atoms with Crippen molar-refractivity contribution in [2.24, 2.45) is 0 Å². The summed E-state index contributed by atoms with van der Waals surface area (Å²) in [4.78, 5) is 11.8. The van der Waals surface area contributed by atoms with Crippen molar-refractivity contribution in [3.8, 4) is 5.75 Å². The van der Waals surface area contributed by atoms with Crippen LogP contribution >= 0.6 is 11.6 Å². The topological polar surface area (TPSA) is 83.9 Å². The highest BCUT2D eigenvalue weighted by Crippen LogP contribution is 2.24. The molecular weight excluding hydrogens is 378 g/mol. The zero-order chi connectivity index (χ0) is 19.3. The Morgan fingerprint density at radius 3 is 2.38 bits per heavy atom. The van der Waals surface area contributed by atoms with Crippen LogP contribution < -0.4 is 4.74 Å². The summed E-state index contributed by atoms with van der Waals surface area (Å²) in [6, 6.07) is 11.3. The molecule has 1 N–H and O–H groups in total.